The van der Waals surface area contributed by atoms with E-state index in [-0.39, 0.29) is 11.6 Å². The Bertz CT molecular complexity index is 541. The minimum Gasteiger partial charge on any atom is -0.469 e. The minimum atomic E-state index is -0.306. The molecule has 0 fully saturated rings. The van der Waals surface area contributed by atoms with Crippen molar-refractivity contribution in [2.75, 3.05) is 0 Å². The number of hydrogen-bond donors (Lipinski definition) is 0. The highest BCUT2D eigenvalue weighted by Gasteiger charge is 2.12. The Labute approximate surface area is 92.7 Å². The second-order valence-electron chi connectivity index (χ2n) is 3.74. The molecule has 0 radical (unpaired) electrons. The van der Waals surface area contributed by atoms with Gasteiger partial charge in [-0.3, -0.25) is 4.79 Å². The molecule has 0 aliphatic rings. The highest BCUT2D eigenvalue weighted by molar-refractivity contribution is 6.08. The van der Waals surface area contributed by atoms with Crippen molar-refractivity contribution >= 4 is 5.78 Å². The molecule has 2 aromatic rings. The zero-order valence-corrected chi connectivity index (χ0v) is 9.08. The second-order valence-corrected chi connectivity index (χ2v) is 3.74. The molecule has 3 heteroatoms. The van der Waals surface area contributed by atoms with Crippen LogP contribution in [-0.2, 0) is 0 Å². The van der Waals surface area contributed by atoms with Gasteiger partial charge < -0.3 is 4.42 Å². The fraction of sp³-hybridized carbons (Fsp3) is 0.154. The fourth-order valence-corrected chi connectivity index (χ4v) is 1.52. The first-order valence-corrected chi connectivity index (χ1v) is 4.94. The van der Waals surface area contributed by atoms with Crippen LogP contribution in [0.1, 0.15) is 27.2 Å². The number of furan rings is 1. The third-order valence-electron chi connectivity index (χ3n) is 2.41. The Morgan fingerprint density at radius 1 is 1.19 bits per heavy atom. The van der Waals surface area contributed by atoms with E-state index in [4.69, 9.17) is 4.42 Å². The second kappa shape index (κ2) is 3.93. The van der Waals surface area contributed by atoms with Crippen LogP contribution in [0, 0.1) is 19.7 Å². The molecule has 0 bridgehead atoms. The SMILES string of the molecule is Cc1cc(C(=O)c2ccc(F)c(C)c2)co1. The lowest BCUT2D eigenvalue weighted by Gasteiger charge is -2.00. The van der Waals surface area contributed by atoms with Crippen molar-refractivity contribution < 1.29 is 13.6 Å². The maximum Gasteiger partial charge on any atom is 0.196 e. The number of rotatable bonds is 2. The summed E-state index contributed by atoms with van der Waals surface area (Å²) >= 11 is 0. The zero-order chi connectivity index (χ0) is 11.7. The highest BCUT2D eigenvalue weighted by Crippen LogP contribution is 2.15. The Balaban J connectivity index is 2.38. The molecular formula is C13H11FO2. The molecule has 1 heterocycles. The number of aryl methyl sites for hydroxylation is 2. The molecule has 0 aliphatic heterocycles. The van der Waals surface area contributed by atoms with E-state index in [1.807, 2.05) is 0 Å². The van der Waals surface area contributed by atoms with Gasteiger partial charge in [-0.05, 0) is 43.7 Å². The first-order chi connectivity index (χ1) is 7.58. The van der Waals surface area contributed by atoms with E-state index in [1.165, 1.54) is 18.4 Å². The molecule has 0 spiro atoms. The van der Waals surface area contributed by atoms with Gasteiger partial charge in [0.1, 0.15) is 17.8 Å². The Morgan fingerprint density at radius 3 is 2.50 bits per heavy atom. The van der Waals surface area contributed by atoms with E-state index in [9.17, 15) is 9.18 Å². The predicted octanol–water partition coefficient (Wildman–Crippen LogP) is 3.27. The molecular weight excluding hydrogens is 207 g/mol. The van der Waals surface area contributed by atoms with Crippen LogP contribution in [0.25, 0.3) is 0 Å². The van der Waals surface area contributed by atoms with E-state index in [0.29, 0.717) is 22.5 Å². The Hall–Kier alpha value is -1.90. The quantitative estimate of drug-likeness (QED) is 0.724. The molecule has 2 nitrogen and oxygen atoms in total. The highest BCUT2D eigenvalue weighted by atomic mass is 19.1. The van der Waals surface area contributed by atoms with Crippen LogP contribution in [0.2, 0.25) is 0 Å². The fourth-order valence-electron chi connectivity index (χ4n) is 1.52. The van der Waals surface area contributed by atoms with Gasteiger partial charge in [-0.2, -0.15) is 0 Å². The van der Waals surface area contributed by atoms with Gasteiger partial charge in [0.15, 0.2) is 5.78 Å². The third-order valence-corrected chi connectivity index (χ3v) is 2.41. The Kier molecular flexibility index (Phi) is 2.60. The normalized spacial score (nSPS) is 10.4. The number of ketones is 1. The minimum absolute atomic E-state index is 0.153. The topological polar surface area (TPSA) is 30.2 Å². The number of hydrogen-bond acceptors (Lipinski definition) is 2. The van der Waals surface area contributed by atoms with Gasteiger partial charge in [0, 0.05) is 5.56 Å². The largest absolute Gasteiger partial charge is 0.469 e. The van der Waals surface area contributed by atoms with Gasteiger partial charge in [-0.1, -0.05) is 0 Å². The summed E-state index contributed by atoms with van der Waals surface area (Å²) in [4.78, 5) is 11.9. The van der Waals surface area contributed by atoms with Crippen molar-refractivity contribution in [3.63, 3.8) is 0 Å². The van der Waals surface area contributed by atoms with Gasteiger partial charge in [0.25, 0.3) is 0 Å². The van der Waals surface area contributed by atoms with E-state index >= 15 is 0 Å². The molecule has 0 N–H and O–H groups in total. The summed E-state index contributed by atoms with van der Waals surface area (Å²) in [5.41, 5.74) is 1.43. The standard InChI is InChI=1S/C13H11FO2/c1-8-5-10(3-4-12(8)14)13(15)11-6-9(2)16-7-11/h3-7H,1-2H3. The van der Waals surface area contributed by atoms with Crippen LogP contribution in [0.5, 0.6) is 0 Å². The molecule has 0 amide bonds. The third kappa shape index (κ3) is 1.89. The Morgan fingerprint density at radius 2 is 1.94 bits per heavy atom. The summed E-state index contributed by atoms with van der Waals surface area (Å²) in [6.07, 6.45) is 1.41. The van der Waals surface area contributed by atoms with Gasteiger partial charge in [0.2, 0.25) is 0 Å². The summed E-state index contributed by atoms with van der Waals surface area (Å²) < 4.78 is 18.1. The lowest BCUT2D eigenvalue weighted by molar-refractivity contribution is 0.103. The number of carbonyl (C=O) groups excluding carboxylic acids is 1. The number of carbonyl (C=O) groups is 1. The summed E-state index contributed by atoms with van der Waals surface area (Å²) in [6.45, 7) is 3.40. The zero-order valence-electron chi connectivity index (χ0n) is 9.08. The van der Waals surface area contributed by atoms with E-state index in [0.717, 1.165) is 0 Å². The molecule has 1 aromatic heterocycles. The molecule has 0 saturated carbocycles. The van der Waals surface area contributed by atoms with Gasteiger partial charge in [-0.25, -0.2) is 4.39 Å². The smallest absolute Gasteiger partial charge is 0.196 e. The molecule has 0 unspecified atom stereocenters. The molecule has 0 atom stereocenters. The maximum absolute atomic E-state index is 13.0. The predicted molar refractivity (Wildman–Crippen MR) is 58.0 cm³/mol. The van der Waals surface area contributed by atoms with Crippen LogP contribution in [0.15, 0.2) is 34.9 Å². The molecule has 0 aliphatic carbocycles. The van der Waals surface area contributed by atoms with Crippen molar-refractivity contribution in [2.24, 2.45) is 0 Å². The number of benzene rings is 1. The molecule has 0 saturated heterocycles. The summed E-state index contributed by atoms with van der Waals surface area (Å²) in [5, 5.41) is 0. The van der Waals surface area contributed by atoms with E-state index in [2.05, 4.69) is 0 Å². The average Bonchev–Trinajstić information content (AvgIpc) is 2.68. The van der Waals surface area contributed by atoms with Crippen molar-refractivity contribution in [2.45, 2.75) is 13.8 Å². The van der Waals surface area contributed by atoms with Crippen LogP contribution in [0.3, 0.4) is 0 Å². The molecule has 2 rings (SSSR count). The lowest BCUT2D eigenvalue weighted by atomic mass is 10.0. The van der Waals surface area contributed by atoms with Crippen molar-refractivity contribution in [1.29, 1.82) is 0 Å². The number of halogens is 1. The monoisotopic (exact) mass is 218 g/mol. The van der Waals surface area contributed by atoms with Crippen LogP contribution in [0.4, 0.5) is 4.39 Å². The van der Waals surface area contributed by atoms with Crippen molar-refractivity contribution in [3.8, 4) is 0 Å². The molecule has 16 heavy (non-hydrogen) atoms. The lowest BCUT2D eigenvalue weighted by Crippen LogP contribution is -2.00. The average molecular weight is 218 g/mol. The first kappa shape index (κ1) is 10.6. The first-order valence-electron chi connectivity index (χ1n) is 4.94. The van der Waals surface area contributed by atoms with Crippen molar-refractivity contribution in [1.82, 2.24) is 0 Å². The molecule has 82 valence electrons. The molecule has 1 aromatic carbocycles. The van der Waals surface area contributed by atoms with Gasteiger partial charge in [0.05, 0.1) is 5.56 Å². The maximum atomic E-state index is 13.0. The van der Waals surface area contributed by atoms with Gasteiger partial charge >= 0.3 is 0 Å². The van der Waals surface area contributed by atoms with Crippen LogP contribution < -0.4 is 0 Å². The summed E-state index contributed by atoms with van der Waals surface area (Å²) in [5.74, 6) is 0.224. The summed E-state index contributed by atoms with van der Waals surface area (Å²) in [6, 6.07) is 5.99. The van der Waals surface area contributed by atoms with E-state index < -0.39 is 0 Å². The van der Waals surface area contributed by atoms with Gasteiger partial charge in [-0.15, -0.1) is 0 Å². The van der Waals surface area contributed by atoms with E-state index in [1.54, 1.807) is 26.0 Å². The van der Waals surface area contributed by atoms with Crippen LogP contribution in [-0.4, -0.2) is 5.78 Å². The van der Waals surface area contributed by atoms with Crippen molar-refractivity contribution in [3.05, 3.63) is 58.8 Å². The van der Waals surface area contributed by atoms with Crippen LogP contribution >= 0.6 is 0 Å². The summed E-state index contributed by atoms with van der Waals surface area (Å²) in [7, 11) is 0.